The summed E-state index contributed by atoms with van der Waals surface area (Å²) in [6, 6.07) is 4.39. The molecule has 1 aromatic rings. The number of halogens is 3. The summed E-state index contributed by atoms with van der Waals surface area (Å²) < 4.78 is 37.4. The molecule has 0 fully saturated rings. The number of rotatable bonds is 5. The second-order valence-electron chi connectivity index (χ2n) is 5.74. The van der Waals surface area contributed by atoms with Crippen molar-refractivity contribution in [2.45, 2.75) is 58.0 Å². The number of alkyl halides is 3. The molecule has 0 radical (unpaired) electrons. The smallest absolute Gasteiger partial charge is 0.387 e. The van der Waals surface area contributed by atoms with Crippen LogP contribution in [0.4, 0.5) is 13.2 Å². The molecule has 2 N–H and O–H groups in total. The lowest BCUT2D eigenvalue weighted by Crippen LogP contribution is -2.46. The van der Waals surface area contributed by atoms with Crippen LogP contribution >= 0.6 is 0 Å². The van der Waals surface area contributed by atoms with Gasteiger partial charge >= 0.3 is 6.18 Å². The summed E-state index contributed by atoms with van der Waals surface area (Å²) >= 11 is 0. The van der Waals surface area contributed by atoms with Gasteiger partial charge in [0.2, 0.25) is 0 Å². The summed E-state index contributed by atoms with van der Waals surface area (Å²) in [6.45, 7) is 7.88. The topological polar surface area (TPSA) is 32.3 Å². The van der Waals surface area contributed by atoms with Crippen LogP contribution in [0, 0.1) is 0 Å². The van der Waals surface area contributed by atoms with Gasteiger partial charge in [0, 0.05) is 11.6 Å². The van der Waals surface area contributed by atoms with Gasteiger partial charge in [-0.2, -0.15) is 13.2 Å². The van der Waals surface area contributed by atoms with Crippen molar-refractivity contribution < 1.29 is 18.3 Å². The van der Waals surface area contributed by atoms with Crippen LogP contribution in [0.15, 0.2) is 24.3 Å². The molecule has 0 aliphatic heterocycles. The summed E-state index contributed by atoms with van der Waals surface area (Å²) in [7, 11) is 0. The number of hydrogen-bond acceptors (Lipinski definition) is 2. The predicted octanol–water partition coefficient (Wildman–Crippen LogP) is 3.91. The summed E-state index contributed by atoms with van der Waals surface area (Å²) in [4.78, 5) is 0. The Morgan fingerprint density at radius 1 is 1.15 bits per heavy atom. The lowest BCUT2D eigenvalue weighted by molar-refractivity contribution is -0.137. The van der Waals surface area contributed by atoms with E-state index >= 15 is 0 Å². The monoisotopic (exact) mass is 289 g/mol. The van der Waals surface area contributed by atoms with E-state index < -0.39 is 17.8 Å². The molecule has 0 spiro atoms. The standard InChI is InChI=1S/C15H22F3NO/c1-5-14(3,4)19-10(2)13(20)11-6-8-12(9-7-11)15(16,17)18/h6-10,13,19-20H,5H2,1-4H3/t10-,13-/m0/s1. The van der Waals surface area contributed by atoms with Crippen molar-refractivity contribution in [2.24, 2.45) is 0 Å². The molecule has 0 amide bonds. The van der Waals surface area contributed by atoms with Gasteiger partial charge in [0.25, 0.3) is 0 Å². The first-order valence-electron chi connectivity index (χ1n) is 6.70. The third-order valence-electron chi connectivity index (χ3n) is 3.56. The average Bonchev–Trinajstić information content (AvgIpc) is 2.36. The zero-order chi connectivity index (χ0) is 15.6. The molecule has 20 heavy (non-hydrogen) atoms. The summed E-state index contributed by atoms with van der Waals surface area (Å²) in [6.07, 6.45) is -4.31. The van der Waals surface area contributed by atoms with E-state index in [1.54, 1.807) is 0 Å². The maximum Gasteiger partial charge on any atom is 0.416 e. The van der Waals surface area contributed by atoms with E-state index in [-0.39, 0.29) is 11.6 Å². The molecule has 114 valence electrons. The first kappa shape index (κ1) is 17.0. The summed E-state index contributed by atoms with van der Waals surface area (Å²) in [5, 5.41) is 13.5. The lowest BCUT2D eigenvalue weighted by Gasteiger charge is -2.31. The Hall–Kier alpha value is -1.07. The maximum atomic E-state index is 12.5. The molecule has 0 aromatic heterocycles. The van der Waals surface area contributed by atoms with Crippen molar-refractivity contribution in [3.05, 3.63) is 35.4 Å². The normalized spacial score (nSPS) is 16.0. The van der Waals surface area contributed by atoms with E-state index in [0.717, 1.165) is 18.6 Å². The third kappa shape index (κ3) is 4.49. The van der Waals surface area contributed by atoms with Gasteiger partial charge in [-0.15, -0.1) is 0 Å². The van der Waals surface area contributed by atoms with Gasteiger partial charge in [0.05, 0.1) is 11.7 Å². The lowest BCUT2D eigenvalue weighted by atomic mass is 9.96. The number of aliphatic hydroxyl groups excluding tert-OH is 1. The molecular weight excluding hydrogens is 267 g/mol. The van der Waals surface area contributed by atoms with E-state index in [2.05, 4.69) is 5.32 Å². The number of aliphatic hydroxyl groups is 1. The quantitative estimate of drug-likeness (QED) is 0.861. The minimum atomic E-state index is -4.35. The van der Waals surface area contributed by atoms with Gasteiger partial charge in [-0.3, -0.25) is 0 Å². The fourth-order valence-corrected chi connectivity index (χ4v) is 1.96. The second-order valence-corrected chi connectivity index (χ2v) is 5.74. The van der Waals surface area contributed by atoms with Crippen LogP contribution in [0.1, 0.15) is 51.3 Å². The van der Waals surface area contributed by atoms with Crippen molar-refractivity contribution >= 4 is 0 Å². The highest BCUT2D eigenvalue weighted by atomic mass is 19.4. The van der Waals surface area contributed by atoms with Gasteiger partial charge in [-0.1, -0.05) is 19.1 Å². The van der Waals surface area contributed by atoms with Gasteiger partial charge < -0.3 is 10.4 Å². The van der Waals surface area contributed by atoms with E-state index in [1.807, 2.05) is 27.7 Å². The Morgan fingerprint density at radius 2 is 1.65 bits per heavy atom. The van der Waals surface area contributed by atoms with E-state index in [1.165, 1.54) is 12.1 Å². The Bertz CT molecular complexity index is 426. The summed E-state index contributed by atoms with van der Waals surface area (Å²) in [5.74, 6) is 0. The first-order chi connectivity index (χ1) is 9.07. The van der Waals surface area contributed by atoms with Crippen LogP contribution < -0.4 is 5.32 Å². The zero-order valence-electron chi connectivity index (χ0n) is 12.3. The molecule has 1 aromatic carbocycles. The average molecular weight is 289 g/mol. The van der Waals surface area contributed by atoms with E-state index in [9.17, 15) is 18.3 Å². The molecule has 0 bridgehead atoms. The van der Waals surface area contributed by atoms with E-state index in [0.29, 0.717) is 5.56 Å². The van der Waals surface area contributed by atoms with Gasteiger partial charge in [-0.05, 0) is 44.9 Å². The number of hydrogen-bond donors (Lipinski definition) is 2. The molecule has 2 nitrogen and oxygen atoms in total. The molecule has 0 aliphatic rings. The van der Waals surface area contributed by atoms with Crippen LogP contribution in [0.25, 0.3) is 0 Å². The highest BCUT2D eigenvalue weighted by molar-refractivity contribution is 5.26. The van der Waals surface area contributed by atoms with Crippen LogP contribution in [0.2, 0.25) is 0 Å². The molecule has 0 unspecified atom stereocenters. The van der Waals surface area contributed by atoms with Gasteiger partial charge in [0.15, 0.2) is 0 Å². The fraction of sp³-hybridized carbons (Fsp3) is 0.600. The number of nitrogens with one attached hydrogen (secondary N) is 1. The Balaban J connectivity index is 2.80. The minimum absolute atomic E-state index is 0.133. The summed E-state index contributed by atoms with van der Waals surface area (Å²) in [5.41, 5.74) is -0.361. The molecular formula is C15H22F3NO. The molecule has 5 heteroatoms. The van der Waals surface area contributed by atoms with Crippen molar-refractivity contribution in [3.63, 3.8) is 0 Å². The first-order valence-corrected chi connectivity index (χ1v) is 6.70. The van der Waals surface area contributed by atoms with Gasteiger partial charge in [-0.25, -0.2) is 0 Å². The SMILES string of the molecule is CCC(C)(C)N[C@@H](C)[C@H](O)c1ccc(C(F)(F)F)cc1. The highest BCUT2D eigenvalue weighted by Crippen LogP contribution is 2.30. The molecule has 0 aliphatic carbocycles. The highest BCUT2D eigenvalue weighted by Gasteiger charge is 2.30. The Kier molecular flexibility index (Phi) is 5.21. The van der Waals surface area contributed by atoms with Crippen LogP contribution in [-0.4, -0.2) is 16.7 Å². The van der Waals surface area contributed by atoms with Crippen molar-refractivity contribution in [1.82, 2.24) is 5.32 Å². The second kappa shape index (κ2) is 6.14. The van der Waals surface area contributed by atoms with Crippen molar-refractivity contribution in [3.8, 4) is 0 Å². The molecule has 1 rings (SSSR count). The van der Waals surface area contributed by atoms with Gasteiger partial charge in [0.1, 0.15) is 0 Å². The van der Waals surface area contributed by atoms with Crippen molar-refractivity contribution in [2.75, 3.05) is 0 Å². The predicted molar refractivity (Wildman–Crippen MR) is 73.4 cm³/mol. The van der Waals surface area contributed by atoms with Crippen LogP contribution in [0.3, 0.4) is 0 Å². The Morgan fingerprint density at radius 3 is 2.05 bits per heavy atom. The third-order valence-corrected chi connectivity index (χ3v) is 3.56. The molecule has 0 saturated carbocycles. The fourth-order valence-electron chi connectivity index (χ4n) is 1.96. The minimum Gasteiger partial charge on any atom is -0.387 e. The molecule has 2 atom stereocenters. The Labute approximate surface area is 118 Å². The zero-order valence-corrected chi connectivity index (χ0v) is 12.3. The van der Waals surface area contributed by atoms with Crippen molar-refractivity contribution in [1.29, 1.82) is 0 Å². The van der Waals surface area contributed by atoms with Crippen LogP contribution in [0.5, 0.6) is 0 Å². The largest absolute Gasteiger partial charge is 0.416 e. The van der Waals surface area contributed by atoms with Crippen LogP contribution in [-0.2, 0) is 6.18 Å². The number of benzene rings is 1. The molecule has 0 heterocycles. The maximum absolute atomic E-state index is 12.5. The molecule has 0 saturated heterocycles. The van der Waals surface area contributed by atoms with E-state index in [4.69, 9.17) is 0 Å².